The normalized spacial score (nSPS) is 19.9. The molecule has 0 saturated carbocycles. The van der Waals surface area contributed by atoms with Crippen LogP contribution in [0.5, 0.6) is 0 Å². The molecule has 1 unspecified atom stereocenters. The molecular formula is C16H35O3P. The van der Waals surface area contributed by atoms with E-state index in [1.807, 2.05) is 27.7 Å². The Morgan fingerprint density at radius 1 is 0.800 bits per heavy atom. The average molecular weight is 306 g/mol. The van der Waals surface area contributed by atoms with E-state index in [-0.39, 0.29) is 17.9 Å². The van der Waals surface area contributed by atoms with Crippen LogP contribution < -0.4 is 0 Å². The molecular weight excluding hydrogens is 271 g/mol. The molecule has 0 saturated heterocycles. The largest absolute Gasteiger partial charge is 0.333 e. The molecule has 0 spiro atoms. The van der Waals surface area contributed by atoms with Gasteiger partial charge in [0.05, 0.1) is 17.9 Å². The first kappa shape index (κ1) is 20.1. The highest BCUT2D eigenvalue weighted by molar-refractivity contribution is 7.54. The van der Waals surface area contributed by atoms with E-state index < -0.39 is 7.60 Å². The third-order valence-corrected chi connectivity index (χ3v) is 6.14. The fourth-order valence-electron chi connectivity index (χ4n) is 2.37. The summed E-state index contributed by atoms with van der Waals surface area (Å²) in [4.78, 5) is 0. The van der Waals surface area contributed by atoms with Crippen LogP contribution in [0.2, 0.25) is 0 Å². The molecule has 20 heavy (non-hydrogen) atoms. The molecule has 3 nitrogen and oxygen atoms in total. The Bertz CT molecular complexity index is 280. The quantitative estimate of drug-likeness (QED) is 0.473. The zero-order chi connectivity index (χ0) is 15.9. The van der Waals surface area contributed by atoms with Crippen molar-refractivity contribution in [3.8, 4) is 0 Å². The highest BCUT2D eigenvalue weighted by Gasteiger charge is 2.35. The molecule has 0 N–H and O–H groups in total. The van der Waals surface area contributed by atoms with Crippen LogP contribution in [-0.4, -0.2) is 17.9 Å². The minimum absolute atomic E-state index is 0.0268. The van der Waals surface area contributed by atoms with Crippen molar-refractivity contribution in [2.75, 3.05) is 0 Å². The Labute approximate surface area is 126 Å². The lowest BCUT2D eigenvalue weighted by Crippen LogP contribution is -2.20. The van der Waals surface area contributed by atoms with Crippen LogP contribution in [0.25, 0.3) is 0 Å². The first-order valence-corrected chi connectivity index (χ1v) is 9.68. The molecule has 0 heterocycles. The van der Waals surface area contributed by atoms with Crippen molar-refractivity contribution in [3.05, 3.63) is 0 Å². The Kier molecular flexibility index (Phi) is 9.29. The van der Waals surface area contributed by atoms with Crippen molar-refractivity contribution in [1.82, 2.24) is 0 Å². The van der Waals surface area contributed by atoms with Gasteiger partial charge in [-0.15, -0.1) is 0 Å². The maximum absolute atomic E-state index is 13.1. The van der Waals surface area contributed by atoms with Crippen molar-refractivity contribution in [2.45, 2.75) is 92.5 Å². The first-order chi connectivity index (χ1) is 9.10. The van der Waals surface area contributed by atoms with Gasteiger partial charge in [0.1, 0.15) is 0 Å². The molecule has 4 heteroatoms. The summed E-state index contributed by atoms with van der Waals surface area (Å²) in [5.74, 6) is 1.06. The Morgan fingerprint density at radius 2 is 1.15 bits per heavy atom. The zero-order valence-corrected chi connectivity index (χ0v) is 15.6. The lowest BCUT2D eigenvalue weighted by molar-refractivity contribution is 0.104. The topological polar surface area (TPSA) is 35.5 Å². The molecule has 0 rings (SSSR count). The van der Waals surface area contributed by atoms with E-state index in [1.165, 1.54) is 0 Å². The van der Waals surface area contributed by atoms with Crippen LogP contribution in [0.4, 0.5) is 0 Å². The van der Waals surface area contributed by atoms with Crippen molar-refractivity contribution >= 4 is 7.60 Å². The molecule has 122 valence electrons. The van der Waals surface area contributed by atoms with E-state index in [0.29, 0.717) is 11.8 Å². The van der Waals surface area contributed by atoms with Gasteiger partial charge >= 0.3 is 7.60 Å². The fraction of sp³-hybridized carbons (Fsp3) is 1.00. The van der Waals surface area contributed by atoms with Crippen LogP contribution >= 0.6 is 7.60 Å². The summed E-state index contributed by atoms with van der Waals surface area (Å²) in [5, 5.41) is 0. The lowest BCUT2D eigenvalue weighted by atomic mass is 10.1. The predicted molar refractivity (Wildman–Crippen MR) is 87.4 cm³/mol. The predicted octanol–water partition coefficient (Wildman–Crippen LogP) is 5.88. The van der Waals surface area contributed by atoms with E-state index in [4.69, 9.17) is 9.05 Å². The van der Waals surface area contributed by atoms with Gasteiger partial charge in [-0.3, -0.25) is 4.57 Å². The molecule has 0 aromatic rings. The van der Waals surface area contributed by atoms with Crippen LogP contribution in [0, 0.1) is 11.8 Å². The maximum Gasteiger partial charge on any atom is 0.333 e. The Morgan fingerprint density at radius 3 is 1.40 bits per heavy atom. The van der Waals surface area contributed by atoms with Gasteiger partial charge in [0.25, 0.3) is 0 Å². The monoisotopic (exact) mass is 306 g/mol. The third-order valence-electron chi connectivity index (χ3n) is 3.39. The minimum Gasteiger partial charge on any atom is -0.305 e. The standard InChI is InChI=1S/C16H35O3P/c1-9-16(8)20(17,18-14(6)10-12(2)3)19-15(7)11-13(4)5/h12-16H,9-11H2,1-8H3/t14-,15+,16-,20?/m0/s1. The van der Waals surface area contributed by atoms with E-state index in [9.17, 15) is 4.57 Å². The molecule has 0 bridgehead atoms. The molecule has 0 aliphatic rings. The van der Waals surface area contributed by atoms with Crippen molar-refractivity contribution in [2.24, 2.45) is 11.8 Å². The molecule has 4 atom stereocenters. The number of rotatable bonds is 10. The average Bonchev–Trinajstić information content (AvgIpc) is 2.24. The van der Waals surface area contributed by atoms with Gasteiger partial charge in [-0.05, 0) is 44.9 Å². The van der Waals surface area contributed by atoms with E-state index in [1.54, 1.807) is 0 Å². The Hall–Kier alpha value is 0.150. The molecule has 0 amide bonds. The molecule has 0 aromatic carbocycles. The van der Waals surface area contributed by atoms with Crippen LogP contribution in [0.15, 0.2) is 0 Å². The van der Waals surface area contributed by atoms with Gasteiger partial charge < -0.3 is 9.05 Å². The van der Waals surface area contributed by atoms with Crippen molar-refractivity contribution < 1.29 is 13.6 Å². The van der Waals surface area contributed by atoms with Gasteiger partial charge in [-0.1, -0.05) is 41.5 Å². The van der Waals surface area contributed by atoms with Crippen molar-refractivity contribution in [3.63, 3.8) is 0 Å². The smallest absolute Gasteiger partial charge is 0.305 e. The highest BCUT2D eigenvalue weighted by Crippen LogP contribution is 2.56. The summed E-state index contributed by atoms with van der Waals surface area (Å²) < 4.78 is 24.9. The molecule has 0 aromatic heterocycles. The summed E-state index contributed by atoms with van der Waals surface area (Å²) in [6.07, 6.45) is 2.56. The second kappa shape index (κ2) is 9.23. The number of hydrogen-bond donors (Lipinski definition) is 0. The fourth-order valence-corrected chi connectivity index (χ4v) is 4.46. The van der Waals surface area contributed by atoms with E-state index in [2.05, 4.69) is 27.7 Å². The van der Waals surface area contributed by atoms with Crippen molar-refractivity contribution in [1.29, 1.82) is 0 Å². The minimum atomic E-state index is -3.04. The van der Waals surface area contributed by atoms with Gasteiger partial charge in [-0.2, -0.15) is 0 Å². The number of hydrogen-bond acceptors (Lipinski definition) is 3. The van der Waals surface area contributed by atoms with Crippen LogP contribution in [0.3, 0.4) is 0 Å². The molecule has 0 aliphatic carbocycles. The van der Waals surface area contributed by atoms with Gasteiger partial charge in [0.2, 0.25) is 0 Å². The Balaban J connectivity index is 4.79. The van der Waals surface area contributed by atoms with Crippen LogP contribution in [-0.2, 0) is 13.6 Å². The van der Waals surface area contributed by atoms with Gasteiger partial charge in [-0.25, -0.2) is 0 Å². The summed E-state index contributed by atoms with van der Waals surface area (Å²) in [6, 6.07) is 0. The third kappa shape index (κ3) is 7.81. The molecule has 0 fully saturated rings. The summed E-state index contributed by atoms with van der Waals surface area (Å²) >= 11 is 0. The second-order valence-corrected chi connectivity index (χ2v) is 9.27. The summed E-state index contributed by atoms with van der Waals surface area (Å²) in [7, 11) is -3.04. The van der Waals surface area contributed by atoms with Gasteiger partial charge in [0, 0.05) is 0 Å². The van der Waals surface area contributed by atoms with Gasteiger partial charge in [0.15, 0.2) is 0 Å². The lowest BCUT2D eigenvalue weighted by Gasteiger charge is -2.30. The second-order valence-electron chi connectivity index (χ2n) is 6.89. The summed E-state index contributed by atoms with van der Waals surface area (Å²) in [6.45, 7) is 16.6. The van der Waals surface area contributed by atoms with Crippen LogP contribution in [0.1, 0.15) is 74.7 Å². The highest BCUT2D eigenvalue weighted by atomic mass is 31.2. The molecule has 0 radical (unpaired) electrons. The molecule has 0 aliphatic heterocycles. The SMILES string of the molecule is CC[C@H](C)P(=O)(O[C@H](C)CC(C)C)O[C@@H](C)CC(C)C. The zero-order valence-electron chi connectivity index (χ0n) is 14.7. The van der Waals surface area contributed by atoms with E-state index >= 15 is 0 Å². The summed E-state index contributed by atoms with van der Waals surface area (Å²) in [5.41, 5.74) is -0.0493. The first-order valence-electron chi connectivity index (χ1n) is 8.07. The van der Waals surface area contributed by atoms with E-state index in [0.717, 1.165) is 19.3 Å². The maximum atomic E-state index is 13.1.